The highest BCUT2D eigenvalue weighted by Gasteiger charge is 2.32. The first-order valence-electron chi connectivity index (χ1n) is 6.62. The molecule has 0 saturated carbocycles. The van der Waals surface area contributed by atoms with E-state index >= 15 is 0 Å². The number of benzene rings is 1. The lowest BCUT2D eigenvalue weighted by atomic mass is 10.3. The molecule has 1 aromatic carbocycles. The molecule has 122 valence electrons. The first kappa shape index (κ1) is 15.6. The summed E-state index contributed by atoms with van der Waals surface area (Å²) in [6, 6.07) is 10.0. The Balaban J connectivity index is 1.98. The van der Waals surface area contributed by atoms with Gasteiger partial charge in [-0.1, -0.05) is 34.7 Å². The summed E-state index contributed by atoms with van der Waals surface area (Å²) in [5, 5.41) is 24.1. The van der Waals surface area contributed by atoms with E-state index in [0.29, 0.717) is 10.8 Å². The van der Waals surface area contributed by atoms with Gasteiger partial charge in [0.1, 0.15) is 5.10 Å². The summed E-state index contributed by atoms with van der Waals surface area (Å²) in [5.74, 6) is -0.678. The van der Waals surface area contributed by atoms with E-state index in [1.807, 2.05) is 6.07 Å². The second-order valence-electron chi connectivity index (χ2n) is 4.50. The van der Waals surface area contributed by atoms with Crippen LogP contribution in [-0.2, 0) is 0 Å². The normalized spacial score (nSPS) is 10.4. The molecule has 0 spiro atoms. The number of ether oxygens (including phenoxy) is 1. The van der Waals surface area contributed by atoms with Gasteiger partial charge in [0.15, 0.2) is 10.3 Å². The van der Waals surface area contributed by atoms with E-state index in [4.69, 9.17) is 4.74 Å². The molecule has 3 rings (SSSR count). The predicted octanol–water partition coefficient (Wildman–Crippen LogP) is 1.31. The third-order valence-electron chi connectivity index (χ3n) is 3.01. The SMILES string of the molecule is COc1cc([N+](=O)[O-])c(-[n+]2[nH]nnc2C(=O)Nc2ccccc2)s1. The number of para-hydroxylation sites is 1. The topological polar surface area (TPSA) is 127 Å². The molecule has 0 fully saturated rings. The third-order valence-corrected chi connectivity index (χ3v) is 4.08. The zero-order valence-corrected chi connectivity index (χ0v) is 13.1. The summed E-state index contributed by atoms with van der Waals surface area (Å²) in [5.41, 5.74) is 0.344. The van der Waals surface area contributed by atoms with Crippen LogP contribution in [0.25, 0.3) is 5.00 Å². The number of rotatable bonds is 5. The second kappa shape index (κ2) is 6.42. The second-order valence-corrected chi connectivity index (χ2v) is 5.49. The van der Waals surface area contributed by atoms with Gasteiger partial charge in [-0.25, -0.2) is 0 Å². The van der Waals surface area contributed by atoms with Crippen molar-refractivity contribution in [1.82, 2.24) is 15.5 Å². The van der Waals surface area contributed by atoms with Gasteiger partial charge < -0.3 is 10.1 Å². The van der Waals surface area contributed by atoms with Gasteiger partial charge in [0.2, 0.25) is 0 Å². The number of hydrogen-bond acceptors (Lipinski definition) is 7. The molecule has 11 heteroatoms. The monoisotopic (exact) mass is 347 g/mol. The number of carbonyl (C=O) groups is 1. The molecule has 3 aromatic rings. The predicted molar refractivity (Wildman–Crippen MR) is 83.4 cm³/mol. The van der Waals surface area contributed by atoms with Crippen molar-refractivity contribution in [2.45, 2.75) is 0 Å². The van der Waals surface area contributed by atoms with E-state index in [2.05, 4.69) is 20.8 Å². The van der Waals surface area contributed by atoms with Crippen LogP contribution in [-0.4, -0.2) is 33.5 Å². The van der Waals surface area contributed by atoms with Gasteiger partial charge in [0.25, 0.3) is 5.00 Å². The van der Waals surface area contributed by atoms with Crippen LogP contribution in [0.15, 0.2) is 36.4 Å². The van der Waals surface area contributed by atoms with Crippen LogP contribution in [0.3, 0.4) is 0 Å². The van der Waals surface area contributed by atoms with Crippen LogP contribution in [0.1, 0.15) is 10.6 Å². The van der Waals surface area contributed by atoms with Crippen LogP contribution in [0.4, 0.5) is 11.4 Å². The number of aromatic nitrogens is 4. The van der Waals surface area contributed by atoms with Crippen molar-refractivity contribution in [2.75, 3.05) is 12.4 Å². The molecule has 0 atom stereocenters. The fourth-order valence-corrected chi connectivity index (χ4v) is 2.85. The maximum atomic E-state index is 12.4. The van der Waals surface area contributed by atoms with Gasteiger partial charge in [-0.15, -0.1) is 4.68 Å². The Hall–Kier alpha value is -3.34. The zero-order chi connectivity index (χ0) is 17.1. The van der Waals surface area contributed by atoms with Crippen LogP contribution in [0.2, 0.25) is 0 Å². The van der Waals surface area contributed by atoms with Crippen molar-refractivity contribution >= 4 is 28.6 Å². The standard InChI is InChI=1S/C13H10N6O4S/c1-23-10-7-9(19(21)22)13(24-10)18-11(15-16-17-18)12(20)14-8-5-3-2-4-6-8/h2-7H,1H3,(H,14,20)/p+1. The molecule has 2 aromatic heterocycles. The van der Waals surface area contributed by atoms with E-state index in [-0.39, 0.29) is 16.5 Å². The lowest BCUT2D eigenvalue weighted by molar-refractivity contribution is -0.661. The van der Waals surface area contributed by atoms with Crippen molar-refractivity contribution < 1.29 is 19.1 Å². The molecule has 0 bridgehead atoms. The minimum absolute atomic E-state index is 0.119. The summed E-state index contributed by atoms with van der Waals surface area (Å²) in [7, 11) is 1.40. The lowest BCUT2D eigenvalue weighted by Crippen LogP contribution is -2.40. The average Bonchev–Trinajstić information content (AvgIpc) is 3.22. The van der Waals surface area contributed by atoms with Gasteiger partial charge in [0.05, 0.1) is 18.1 Å². The number of carbonyl (C=O) groups excluding carboxylic acids is 1. The number of nitrogens with one attached hydrogen (secondary N) is 2. The lowest BCUT2D eigenvalue weighted by Gasteiger charge is -2.00. The number of methoxy groups -OCH3 is 1. The Morgan fingerprint density at radius 1 is 1.42 bits per heavy atom. The molecular formula is C13H11N6O4S+. The van der Waals surface area contributed by atoms with Crippen LogP contribution in [0.5, 0.6) is 5.06 Å². The van der Waals surface area contributed by atoms with E-state index < -0.39 is 10.8 Å². The van der Waals surface area contributed by atoms with Gasteiger partial charge >= 0.3 is 17.4 Å². The fraction of sp³-hybridized carbons (Fsp3) is 0.0769. The third kappa shape index (κ3) is 2.92. The van der Waals surface area contributed by atoms with Gasteiger partial charge in [-0.05, 0) is 12.1 Å². The minimum atomic E-state index is -0.568. The van der Waals surface area contributed by atoms with Crippen LogP contribution < -0.4 is 14.7 Å². The Bertz CT molecular complexity index is 891. The number of thiophene rings is 1. The fourth-order valence-electron chi connectivity index (χ4n) is 1.95. The number of anilines is 1. The quantitative estimate of drug-likeness (QED) is 0.407. The summed E-state index contributed by atoms with van der Waals surface area (Å²) in [4.78, 5) is 23.0. The van der Waals surface area contributed by atoms with Crippen LogP contribution >= 0.6 is 11.3 Å². The summed E-state index contributed by atoms with van der Waals surface area (Å²) < 4.78 is 6.17. The Morgan fingerprint density at radius 2 is 2.17 bits per heavy atom. The van der Waals surface area contributed by atoms with Crippen LogP contribution in [0, 0.1) is 10.1 Å². The smallest absolute Gasteiger partial charge is 0.396 e. The molecule has 0 unspecified atom stereocenters. The highest BCUT2D eigenvalue weighted by atomic mass is 32.1. The molecule has 10 nitrogen and oxygen atoms in total. The molecule has 0 aliphatic rings. The van der Waals surface area contributed by atoms with Crippen molar-refractivity contribution in [2.24, 2.45) is 0 Å². The van der Waals surface area contributed by atoms with E-state index in [9.17, 15) is 14.9 Å². The Kier molecular flexibility index (Phi) is 4.16. The molecule has 2 N–H and O–H groups in total. The summed E-state index contributed by atoms with van der Waals surface area (Å²) >= 11 is 0.991. The van der Waals surface area contributed by atoms with E-state index in [1.165, 1.54) is 13.2 Å². The number of aromatic amines is 1. The minimum Gasteiger partial charge on any atom is -0.487 e. The molecule has 0 aliphatic heterocycles. The maximum Gasteiger partial charge on any atom is 0.396 e. The van der Waals surface area contributed by atoms with Gasteiger partial charge in [-0.2, -0.15) is 0 Å². The van der Waals surface area contributed by atoms with Gasteiger partial charge in [-0.3, -0.25) is 14.9 Å². The molecule has 1 amide bonds. The van der Waals surface area contributed by atoms with Crippen molar-refractivity contribution in [3.05, 3.63) is 52.3 Å². The highest BCUT2D eigenvalue weighted by molar-refractivity contribution is 7.16. The molecular weight excluding hydrogens is 336 g/mol. The largest absolute Gasteiger partial charge is 0.487 e. The number of tetrazole rings is 1. The van der Waals surface area contributed by atoms with Crippen molar-refractivity contribution in [1.29, 1.82) is 0 Å². The average molecular weight is 347 g/mol. The highest BCUT2D eigenvalue weighted by Crippen LogP contribution is 2.34. The van der Waals surface area contributed by atoms with Crippen molar-refractivity contribution in [3.8, 4) is 10.1 Å². The van der Waals surface area contributed by atoms with E-state index in [1.54, 1.807) is 24.3 Å². The van der Waals surface area contributed by atoms with Gasteiger partial charge in [0, 0.05) is 5.69 Å². The number of amides is 1. The zero-order valence-electron chi connectivity index (χ0n) is 12.3. The summed E-state index contributed by atoms with van der Waals surface area (Å²) in [6.45, 7) is 0. The molecule has 2 heterocycles. The molecule has 24 heavy (non-hydrogen) atoms. The first-order valence-corrected chi connectivity index (χ1v) is 7.44. The maximum absolute atomic E-state index is 12.4. The summed E-state index contributed by atoms with van der Waals surface area (Å²) in [6.07, 6.45) is 0. The van der Waals surface area contributed by atoms with E-state index in [0.717, 1.165) is 16.0 Å². The molecule has 0 aliphatic carbocycles. The Morgan fingerprint density at radius 3 is 2.83 bits per heavy atom. The number of hydrogen-bond donors (Lipinski definition) is 2. The first-order chi connectivity index (χ1) is 11.6. The molecule has 0 saturated heterocycles. The van der Waals surface area contributed by atoms with Crippen molar-refractivity contribution in [3.63, 3.8) is 0 Å². The number of H-pyrrole nitrogens is 1. The Labute approximate surface area is 138 Å². The molecule has 0 radical (unpaired) electrons. The number of nitro groups is 1. The number of nitrogens with zero attached hydrogens (tertiary/aromatic N) is 4.